The minimum Gasteiger partial charge on any atom is -0.271 e. The van der Waals surface area contributed by atoms with E-state index in [4.69, 9.17) is 17.4 Å². The maximum Gasteiger partial charge on any atom is 0.194 e. The highest BCUT2D eigenvalue weighted by atomic mass is 127. The van der Waals surface area contributed by atoms with Crippen LogP contribution in [0.4, 0.5) is 13.2 Å². The van der Waals surface area contributed by atoms with E-state index in [0.29, 0.717) is 10.6 Å². The Hall–Kier alpha value is -0.830. The molecule has 2 nitrogen and oxygen atoms in total. The second-order valence-corrected chi connectivity index (χ2v) is 5.61. The van der Waals surface area contributed by atoms with Crippen LogP contribution in [-0.2, 0) is 0 Å². The number of nitrogens with two attached hydrogens (primary N) is 1. The van der Waals surface area contributed by atoms with Gasteiger partial charge in [0.2, 0.25) is 0 Å². The van der Waals surface area contributed by atoms with Crippen molar-refractivity contribution >= 4 is 34.2 Å². The average Bonchev–Trinajstić information content (AvgIpc) is 2.43. The molecule has 1 unspecified atom stereocenters. The summed E-state index contributed by atoms with van der Waals surface area (Å²) in [5.41, 5.74) is 2.83. The number of hydrazine groups is 1. The van der Waals surface area contributed by atoms with Gasteiger partial charge < -0.3 is 0 Å². The molecule has 0 fully saturated rings. The third kappa shape index (κ3) is 2.93. The topological polar surface area (TPSA) is 38.0 Å². The molecule has 2 aromatic carbocycles. The van der Waals surface area contributed by atoms with Crippen molar-refractivity contribution in [1.29, 1.82) is 0 Å². The van der Waals surface area contributed by atoms with Crippen molar-refractivity contribution in [3.63, 3.8) is 0 Å². The average molecular weight is 413 g/mol. The molecule has 2 aromatic rings. The van der Waals surface area contributed by atoms with Gasteiger partial charge in [0, 0.05) is 9.13 Å². The largest absolute Gasteiger partial charge is 0.271 e. The molecular weight excluding hydrogens is 404 g/mol. The van der Waals surface area contributed by atoms with Crippen LogP contribution in [0.2, 0.25) is 5.02 Å². The molecule has 0 aliphatic carbocycles. The second-order valence-electron chi connectivity index (χ2n) is 4.04. The van der Waals surface area contributed by atoms with E-state index in [2.05, 4.69) is 5.43 Å². The zero-order valence-electron chi connectivity index (χ0n) is 9.93. The molecule has 0 bridgehead atoms. The van der Waals surface area contributed by atoms with Crippen molar-refractivity contribution < 1.29 is 13.2 Å². The molecule has 0 spiro atoms. The van der Waals surface area contributed by atoms with Crippen molar-refractivity contribution in [2.45, 2.75) is 6.04 Å². The Labute approximate surface area is 132 Å². The van der Waals surface area contributed by atoms with Gasteiger partial charge in [-0.05, 0) is 46.4 Å². The monoisotopic (exact) mass is 412 g/mol. The number of rotatable bonds is 3. The van der Waals surface area contributed by atoms with Crippen LogP contribution < -0.4 is 11.3 Å². The summed E-state index contributed by atoms with van der Waals surface area (Å²) < 4.78 is 40.9. The molecule has 3 N–H and O–H groups in total. The van der Waals surface area contributed by atoms with Gasteiger partial charge in [-0.15, -0.1) is 0 Å². The lowest BCUT2D eigenvalue weighted by atomic mass is 9.98. The van der Waals surface area contributed by atoms with Gasteiger partial charge >= 0.3 is 0 Å². The predicted octanol–water partition coefficient (Wildman–Crippen LogP) is 3.91. The first-order valence-electron chi connectivity index (χ1n) is 5.50. The van der Waals surface area contributed by atoms with E-state index in [1.54, 1.807) is 18.2 Å². The molecule has 0 saturated heterocycles. The maximum atomic E-state index is 13.8. The predicted molar refractivity (Wildman–Crippen MR) is 79.7 cm³/mol. The summed E-state index contributed by atoms with van der Waals surface area (Å²) >= 11 is 8.03. The Morgan fingerprint density at radius 1 is 1.10 bits per heavy atom. The first kappa shape index (κ1) is 15.6. The Morgan fingerprint density at radius 3 is 2.40 bits per heavy atom. The maximum absolute atomic E-state index is 13.8. The van der Waals surface area contributed by atoms with E-state index < -0.39 is 23.5 Å². The second kappa shape index (κ2) is 6.30. The van der Waals surface area contributed by atoms with E-state index in [9.17, 15) is 13.2 Å². The smallest absolute Gasteiger partial charge is 0.194 e. The molecule has 20 heavy (non-hydrogen) atoms. The summed E-state index contributed by atoms with van der Waals surface area (Å²) in [5.74, 6) is 1.35. The lowest BCUT2D eigenvalue weighted by molar-refractivity contribution is 0.433. The lowest BCUT2D eigenvalue weighted by Crippen LogP contribution is -2.30. The molecule has 0 aliphatic heterocycles. The van der Waals surface area contributed by atoms with Crippen molar-refractivity contribution in [2.24, 2.45) is 5.84 Å². The number of hydrogen-bond acceptors (Lipinski definition) is 2. The number of benzene rings is 2. The SMILES string of the molecule is NNC(c1ccc(I)c(Cl)c1)c1ccc(F)c(F)c1F. The van der Waals surface area contributed by atoms with Crippen LogP contribution in [0.15, 0.2) is 30.3 Å². The van der Waals surface area contributed by atoms with Crippen LogP contribution in [0, 0.1) is 21.0 Å². The zero-order valence-corrected chi connectivity index (χ0v) is 12.8. The highest BCUT2D eigenvalue weighted by molar-refractivity contribution is 14.1. The standard InChI is InChI=1S/C13H9ClF3IN2/c14-8-5-6(1-4-10(8)18)13(20-19)7-2-3-9(15)12(17)11(7)16/h1-5,13,20H,19H2. The summed E-state index contributed by atoms with van der Waals surface area (Å²) in [6.07, 6.45) is 0. The normalized spacial score (nSPS) is 12.5. The third-order valence-electron chi connectivity index (χ3n) is 2.82. The Balaban J connectivity index is 2.52. The molecule has 0 saturated carbocycles. The van der Waals surface area contributed by atoms with Gasteiger partial charge in [0.25, 0.3) is 0 Å². The summed E-state index contributed by atoms with van der Waals surface area (Å²) in [4.78, 5) is 0. The number of halogens is 5. The quantitative estimate of drug-likeness (QED) is 0.347. The fraction of sp³-hybridized carbons (Fsp3) is 0.0769. The summed E-state index contributed by atoms with van der Waals surface area (Å²) in [5, 5.41) is 0.464. The van der Waals surface area contributed by atoms with Crippen LogP contribution in [-0.4, -0.2) is 0 Å². The van der Waals surface area contributed by atoms with Crippen molar-refractivity contribution in [2.75, 3.05) is 0 Å². The highest BCUT2D eigenvalue weighted by Crippen LogP contribution is 2.29. The number of hydrogen-bond donors (Lipinski definition) is 2. The molecule has 7 heteroatoms. The van der Waals surface area contributed by atoms with Crippen LogP contribution in [0.5, 0.6) is 0 Å². The molecule has 0 aliphatic rings. The first-order chi connectivity index (χ1) is 9.45. The van der Waals surface area contributed by atoms with E-state index in [1.807, 2.05) is 22.6 Å². The first-order valence-corrected chi connectivity index (χ1v) is 6.96. The fourth-order valence-electron chi connectivity index (χ4n) is 1.82. The molecule has 106 valence electrons. The van der Waals surface area contributed by atoms with Gasteiger partial charge in [0.05, 0.1) is 11.1 Å². The van der Waals surface area contributed by atoms with Crippen LogP contribution in [0.3, 0.4) is 0 Å². The van der Waals surface area contributed by atoms with Crippen molar-refractivity contribution in [1.82, 2.24) is 5.43 Å². The molecule has 0 aromatic heterocycles. The Bertz CT molecular complexity index is 652. The third-order valence-corrected chi connectivity index (χ3v) is 4.39. The highest BCUT2D eigenvalue weighted by Gasteiger charge is 2.21. The molecule has 0 radical (unpaired) electrons. The molecule has 0 heterocycles. The molecule has 0 amide bonds. The van der Waals surface area contributed by atoms with Gasteiger partial charge in [-0.3, -0.25) is 5.84 Å². The van der Waals surface area contributed by atoms with Gasteiger partial charge in [0.1, 0.15) is 0 Å². The van der Waals surface area contributed by atoms with E-state index >= 15 is 0 Å². The van der Waals surface area contributed by atoms with Gasteiger partial charge in [-0.1, -0.05) is 23.7 Å². The summed E-state index contributed by atoms with van der Waals surface area (Å²) in [6.45, 7) is 0. The van der Waals surface area contributed by atoms with E-state index in [1.165, 1.54) is 0 Å². The fourth-order valence-corrected chi connectivity index (χ4v) is 2.35. The lowest BCUT2D eigenvalue weighted by Gasteiger charge is -2.18. The summed E-state index contributed by atoms with van der Waals surface area (Å²) in [6, 6.07) is 6.16. The van der Waals surface area contributed by atoms with Gasteiger partial charge in [0.15, 0.2) is 17.5 Å². The van der Waals surface area contributed by atoms with E-state index in [0.717, 1.165) is 15.7 Å². The molecule has 1 atom stereocenters. The van der Waals surface area contributed by atoms with Crippen molar-refractivity contribution in [3.05, 3.63) is 67.5 Å². The van der Waals surface area contributed by atoms with Crippen LogP contribution >= 0.6 is 34.2 Å². The summed E-state index contributed by atoms with van der Waals surface area (Å²) in [7, 11) is 0. The van der Waals surface area contributed by atoms with Crippen LogP contribution in [0.1, 0.15) is 17.2 Å². The zero-order chi connectivity index (χ0) is 14.9. The van der Waals surface area contributed by atoms with Crippen LogP contribution in [0.25, 0.3) is 0 Å². The molecule has 2 rings (SSSR count). The minimum absolute atomic E-state index is 0.0938. The Morgan fingerprint density at radius 2 is 1.80 bits per heavy atom. The minimum atomic E-state index is -1.53. The van der Waals surface area contributed by atoms with Crippen molar-refractivity contribution in [3.8, 4) is 0 Å². The Kier molecular flexibility index (Phi) is 4.90. The van der Waals surface area contributed by atoms with Gasteiger partial charge in [-0.2, -0.15) is 0 Å². The number of nitrogens with one attached hydrogen (secondary N) is 1. The van der Waals surface area contributed by atoms with E-state index in [-0.39, 0.29) is 5.56 Å². The molecular formula is C13H9ClF3IN2. The van der Waals surface area contributed by atoms with Gasteiger partial charge in [-0.25, -0.2) is 18.6 Å².